The first-order chi connectivity index (χ1) is 12.3. The summed E-state index contributed by atoms with van der Waals surface area (Å²) in [5, 5.41) is 9.19. The topological polar surface area (TPSA) is 70.8 Å². The fourth-order valence-corrected chi connectivity index (χ4v) is 3.41. The normalized spacial score (nSPS) is 23.9. The largest absolute Gasteiger partial charge is 0.408 e. The van der Waals surface area contributed by atoms with Gasteiger partial charge in [-0.25, -0.2) is 0 Å². The van der Waals surface area contributed by atoms with Gasteiger partial charge in [0.15, 0.2) is 5.82 Å². The number of rotatable bonds is 3. The number of β-amino-alcohol motifs (C(OH)–C–C–N with tert-alkyl or cyclic N) is 1. The highest BCUT2D eigenvalue weighted by molar-refractivity contribution is 5.48. The second-order valence-electron chi connectivity index (χ2n) is 6.39. The summed E-state index contributed by atoms with van der Waals surface area (Å²) >= 11 is 0. The van der Waals surface area contributed by atoms with Crippen LogP contribution in [0, 0.1) is 5.82 Å². The molecule has 0 saturated carbocycles. The highest BCUT2D eigenvalue weighted by atomic mass is 19.4. The van der Waals surface area contributed by atoms with Crippen LogP contribution in [0.5, 0.6) is 0 Å². The molecule has 1 N–H and O–H groups in total. The minimum absolute atomic E-state index is 0.271. The fraction of sp³-hybridized carbons (Fsp3) is 0.733. The van der Waals surface area contributed by atoms with E-state index in [1.165, 1.54) is 4.90 Å². The minimum Gasteiger partial charge on any atom is -0.395 e. The summed E-state index contributed by atoms with van der Waals surface area (Å²) in [4.78, 5) is 18.8. The molecule has 3 rings (SSSR count). The van der Waals surface area contributed by atoms with E-state index in [1.807, 2.05) is 0 Å². The number of aliphatic hydroxyl groups is 1. The molecule has 0 aromatic carbocycles. The van der Waals surface area contributed by atoms with Crippen LogP contribution in [0.4, 0.5) is 29.3 Å². The highest BCUT2D eigenvalue weighted by Gasteiger charge is 2.47. The lowest BCUT2D eigenvalue weighted by Crippen LogP contribution is -2.54. The van der Waals surface area contributed by atoms with Crippen molar-refractivity contribution in [3.05, 3.63) is 16.2 Å². The summed E-state index contributed by atoms with van der Waals surface area (Å²) < 4.78 is 60.9. The molecule has 146 valence electrons. The molecule has 0 bridgehead atoms. The number of fused-ring (bicyclic) bond motifs is 1. The Hall–Kier alpha value is -1.88. The summed E-state index contributed by atoms with van der Waals surface area (Å²) in [6, 6.07) is -2.16. The van der Waals surface area contributed by atoms with Gasteiger partial charge >= 0.3 is 6.18 Å². The van der Waals surface area contributed by atoms with Crippen LogP contribution in [0.1, 0.15) is 13.3 Å². The van der Waals surface area contributed by atoms with Crippen LogP contribution < -0.4 is 15.4 Å². The average Bonchev–Trinajstić information content (AvgIpc) is 2.58. The standard InChI is InChI=1S/C15H20F4N4O3/c1-9-8-26-7-5-21(9)12-11(16)13(25)23-3-2-10(15(17,18)19)22(4-6-24)14(23)20-12/h9-10,24H,2-8H2,1H3/t9?,10-/m0/s1. The van der Waals surface area contributed by atoms with Crippen molar-refractivity contribution in [3.8, 4) is 0 Å². The second kappa shape index (κ2) is 7.03. The van der Waals surface area contributed by atoms with Crippen molar-refractivity contribution >= 4 is 11.8 Å². The molecule has 3 heterocycles. The molecule has 1 aromatic rings. The summed E-state index contributed by atoms with van der Waals surface area (Å²) in [6.07, 6.45) is -4.97. The zero-order valence-corrected chi connectivity index (χ0v) is 14.2. The van der Waals surface area contributed by atoms with Crippen molar-refractivity contribution in [1.29, 1.82) is 0 Å². The molecule has 1 aromatic heterocycles. The molecule has 7 nitrogen and oxygen atoms in total. The first-order valence-electron chi connectivity index (χ1n) is 8.34. The van der Waals surface area contributed by atoms with E-state index in [0.717, 1.165) is 9.47 Å². The molecule has 1 saturated heterocycles. The van der Waals surface area contributed by atoms with Crippen molar-refractivity contribution in [3.63, 3.8) is 0 Å². The lowest BCUT2D eigenvalue weighted by atomic mass is 10.1. The Balaban J connectivity index is 2.11. The molecule has 2 aliphatic heterocycles. The number of aromatic nitrogens is 2. The Kier molecular flexibility index (Phi) is 5.11. The number of hydrogen-bond donors (Lipinski definition) is 1. The Morgan fingerprint density at radius 1 is 1.35 bits per heavy atom. The van der Waals surface area contributed by atoms with Crippen molar-refractivity contribution in [2.75, 3.05) is 42.7 Å². The zero-order chi connectivity index (χ0) is 19.1. The molecule has 0 spiro atoms. The molecule has 1 unspecified atom stereocenters. The van der Waals surface area contributed by atoms with Crippen LogP contribution >= 0.6 is 0 Å². The molecular weight excluding hydrogens is 360 g/mol. The smallest absolute Gasteiger partial charge is 0.395 e. The van der Waals surface area contributed by atoms with E-state index >= 15 is 0 Å². The van der Waals surface area contributed by atoms with Gasteiger partial charge in [0.2, 0.25) is 11.8 Å². The van der Waals surface area contributed by atoms with E-state index in [2.05, 4.69) is 4.98 Å². The van der Waals surface area contributed by atoms with E-state index in [-0.39, 0.29) is 37.4 Å². The van der Waals surface area contributed by atoms with Gasteiger partial charge in [-0.2, -0.15) is 22.5 Å². The molecule has 2 atom stereocenters. The van der Waals surface area contributed by atoms with Crippen molar-refractivity contribution < 1.29 is 27.4 Å². The second-order valence-corrected chi connectivity index (χ2v) is 6.39. The quantitative estimate of drug-likeness (QED) is 0.781. The summed E-state index contributed by atoms with van der Waals surface area (Å²) in [7, 11) is 0. The van der Waals surface area contributed by atoms with Crippen LogP contribution in [0.25, 0.3) is 0 Å². The molecule has 1 fully saturated rings. The van der Waals surface area contributed by atoms with Crippen molar-refractivity contribution in [2.45, 2.75) is 38.1 Å². The van der Waals surface area contributed by atoms with Crippen molar-refractivity contribution in [2.24, 2.45) is 0 Å². The number of hydrogen-bond acceptors (Lipinski definition) is 6. The number of anilines is 2. The molecule has 0 amide bonds. The van der Waals surface area contributed by atoms with E-state index in [4.69, 9.17) is 4.74 Å². The molecule has 0 radical (unpaired) electrons. The predicted octanol–water partition coefficient (Wildman–Crippen LogP) is 0.741. The van der Waals surface area contributed by atoms with Crippen LogP contribution in [0.3, 0.4) is 0 Å². The van der Waals surface area contributed by atoms with E-state index in [9.17, 15) is 27.5 Å². The maximum Gasteiger partial charge on any atom is 0.408 e. The SMILES string of the molecule is CC1COCCN1c1nc2n(c(=O)c1F)CC[C@@H](C(F)(F)F)N2CCO. The lowest BCUT2D eigenvalue weighted by molar-refractivity contribution is -0.152. The summed E-state index contributed by atoms with van der Waals surface area (Å²) in [5.41, 5.74) is -1.01. The number of aliphatic hydroxyl groups excluding tert-OH is 1. The van der Waals surface area contributed by atoms with Gasteiger partial charge in [-0.05, 0) is 13.3 Å². The number of ether oxygens (including phenoxy) is 1. The monoisotopic (exact) mass is 380 g/mol. The minimum atomic E-state index is -4.56. The van der Waals surface area contributed by atoms with Gasteiger partial charge in [0, 0.05) is 19.6 Å². The first-order valence-corrected chi connectivity index (χ1v) is 8.34. The Morgan fingerprint density at radius 2 is 2.08 bits per heavy atom. The van der Waals surface area contributed by atoms with Gasteiger partial charge in [0.05, 0.1) is 25.9 Å². The number of nitrogens with zero attached hydrogens (tertiary/aromatic N) is 4. The Labute approximate surface area is 146 Å². The van der Waals surface area contributed by atoms with Crippen LogP contribution in [-0.4, -0.2) is 65.8 Å². The maximum absolute atomic E-state index is 14.6. The van der Waals surface area contributed by atoms with Gasteiger partial charge in [-0.1, -0.05) is 0 Å². The van der Waals surface area contributed by atoms with Gasteiger partial charge in [0.25, 0.3) is 5.56 Å². The van der Waals surface area contributed by atoms with Gasteiger partial charge < -0.3 is 19.6 Å². The van der Waals surface area contributed by atoms with Crippen molar-refractivity contribution in [1.82, 2.24) is 9.55 Å². The maximum atomic E-state index is 14.6. The number of alkyl halides is 3. The summed E-state index contributed by atoms with van der Waals surface area (Å²) in [5.74, 6) is -1.63. The molecule has 0 aliphatic carbocycles. The summed E-state index contributed by atoms with van der Waals surface area (Å²) in [6.45, 7) is 1.42. The van der Waals surface area contributed by atoms with Crippen LogP contribution in [0.15, 0.2) is 4.79 Å². The molecule has 26 heavy (non-hydrogen) atoms. The van der Waals surface area contributed by atoms with Gasteiger partial charge in [-0.3, -0.25) is 9.36 Å². The third kappa shape index (κ3) is 3.25. The predicted molar refractivity (Wildman–Crippen MR) is 85.0 cm³/mol. The Bertz CT molecular complexity index is 724. The Morgan fingerprint density at radius 3 is 2.69 bits per heavy atom. The average molecular weight is 380 g/mol. The molecule has 2 aliphatic rings. The van der Waals surface area contributed by atoms with Crippen LogP contribution in [0.2, 0.25) is 0 Å². The zero-order valence-electron chi connectivity index (χ0n) is 14.2. The third-order valence-electron chi connectivity index (χ3n) is 4.69. The van der Waals surface area contributed by atoms with Crippen LogP contribution in [-0.2, 0) is 11.3 Å². The highest BCUT2D eigenvalue weighted by Crippen LogP contribution is 2.34. The molecular formula is C15H20F4N4O3. The van der Waals surface area contributed by atoms with E-state index in [0.29, 0.717) is 13.2 Å². The lowest BCUT2D eigenvalue weighted by Gasteiger charge is -2.40. The number of halogens is 4. The first kappa shape index (κ1) is 18.9. The van der Waals surface area contributed by atoms with E-state index in [1.54, 1.807) is 6.92 Å². The molecule has 11 heteroatoms. The third-order valence-corrected chi connectivity index (χ3v) is 4.69. The van der Waals surface area contributed by atoms with Gasteiger partial charge in [-0.15, -0.1) is 0 Å². The van der Waals surface area contributed by atoms with E-state index < -0.39 is 36.6 Å². The number of morpholine rings is 1. The fourth-order valence-electron chi connectivity index (χ4n) is 3.41. The van der Waals surface area contributed by atoms with Gasteiger partial charge in [0.1, 0.15) is 6.04 Å².